The highest BCUT2D eigenvalue weighted by Crippen LogP contribution is 2.30. The van der Waals surface area contributed by atoms with Crippen LogP contribution in [0.15, 0.2) is 48.5 Å². The van der Waals surface area contributed by atoms with E-state index < -0.39 is 0 Å². The zero-order valence-corrected chi connectivity index (χ0v) is 15.2. The molecule has 0 aromatic heterocycles. The summed E-state index contributed by atoms with van der Waals surface area (Å²) in [4.78, 5) is 0. The van der Waals surface area contributed by atoms with Crippen LogP contribution in [0.1, 0.15) is 36.8 Å². The lowest BCUT2D eigenvalue weighted by Gasteiger charge is -2.27. The Hall–Kier alpha value is -2.04. The predicted molar refractivity (Wildman–Crippen MR) is 103 cm³/mol. The molecule has 4 heteroatoms. The van der Waals surface area contributed by atoms with Gasteiger partial charge in [0, 0.05) is 13.2 Å². The molecule has 0 saturated carbocycles. The third-order valence-corrected chi connectivity index (χ3v) is 5.02. The third kappa shape index (κ3) is 6.70. The number of benzene rings is 2. The first-order chi connectivity index (χ1) is 12.6. The van der Waals surface area contributed by atoms with Crippen LogP contribution in [0.5, 0.6) is 11.5 Å². The van der Waals surface area contributed by atoms with Gasteiger partial charge in [0.05, 0.1) is 0 Å². The van der Waals surface area contributed by atoms with Crippen molar-refractivity contribution in [2.75, 3.05) is 13.2 Å². The topological polar surface area (TPSA) is 80.9 Å². The lowest BCUT2D eigenvalue weighted by molar-refractivity contribution is 0.203. The number of hydrogen-bond donors (Lipinski definition) is 4. The van der Waals surface area contributed by atoms with Crippen molar-refractivity contribution >= 4 is 0 Å². The molecule has 0 radical (unpaired) electrons. The smallest absolute Gasteiger partial charge is 0.115 e. The Morgan fingerprint density at radius 2 is 1.04 bits per heavy atom. The Balaban J connectivity index is 2.13. The van der Waals surface area contributed by atoms with Crippen LogP contribution in [0.25, 0.3) is 0 Å². The highest BCUT2D eigenvalue weighted by atomic mass is 16.3. The van der Waals surface area contributed by atoms with Crippen molar-refractivity contribution in [2.24, 2.45) is 11.8 Å². The maximum atomic E-state index is 9.57. The third-order valence-electron chi connectivity index (χ3n) is 5.02. The molecular formula is C22H30O4. The summed E-state index contributed by atoms with van der Waals surface area (Å²) in [6.07, 6.45) is 5.19. The molecule has 26 heavy (non-hydrogen) atoms. The van der Waals surface area contributed by atoms with Crippen molar-refractivity contribution in [2.45, 2.75) is 38.5 Å². The summed E-state index contributed by atoms with van der Waals surface area (Å²) in [7, 11) is 0. The fourth-order valence-corrected chi connectivity index (χ4v) is 3.56. The molecule has 0 aliphatic rings. The minimum Gasteiger partial charge on any atom is -0.508 e. The van der Waals surface area contributed by atoms with Gasteiger partial charge in [-0.15, -0.1) is 0 Å². The van der Waals surface area contributed by atoms with Crippen LogP contribution in [0.4, 0.5) is 0 Å². The van der Waals surface area contributed by atoms with E-state index in [1.165, 1.54) is 5.56 Å². The molecule has 142 valence electrons. The van der Waals surface area contributed by atoms with Gasteiger partial charge in [0.1, 0.15) is 11.5 Å². The number of unbranched alkanes of at least 4 members (excludes halogenated alkanes) is 1. The maximum absolute atomic E-state index is 9.57. The van der Waals surface area contributed by atoms with Crippen LogP contribution in [-0.4, -0.2) is 33.6 Å². The van der Waals surface area contributed by atoms with Gasteiger partial charge < -0.3 is 20.4 Å². The van der Waals surface area contributed by atoms with E-state index in [0.29, 0.717) is 11.8 Å². The average molecular weight is 358 g/mol. The predicted octanol–water partition coefficient (Wildman–Crippen LogP) is 3.66. The number of aromatic hydroxyl groups is 2. The summed E-state index contributed by atoms with van der Waals surface area (Å²) in [5.74, 6) is 1.22. The van der Waals surface area contributed by atoms with E-state index in [1.807, 2.05) is 24.3 Å². The summed E-state index contributed by atoms with van der Waals surface area (Å²) < 4.78 is 0. The summed E-state index contributed by atoms with van der Waals surface area (Å²) in [5.41, 5.74) is 2.32. The lowest BCUT2D eigenvalue weighted by Crippen LogP contribution is -2.21. The van der Waals surface area contributed by atoms with Gasteiger partial charge in [-0.1, -0.05) is 30.7 Å². The van der Waals surface area contributed by atoms with E-state index in [0.717, 1.165) is 44.1 Å². The zero-order chi connectivity index (χ0) is 18.8. The number of aliphatic hydroxyl groups excluding tert-OH is 2. The van der Waals surface area contributed by atoms with Crippen molar-refractivity contribution in [1.82, 2.24) is 0 Å². The molecule has 4 nitrogen and oxygen atoms in total. The van der Waals surface area contributed by atoms with E-state index >= 15 is 0 Å². The molecule has 0 bridgehead atoms. The van der Waals surface area contributed by atoms with Crippen molar-refractivity contribution in [3.63, 3.8) is 0 Å². The Bertz CT molecular complexity index is 622. The highest BCUT2D eigenvalue weighted by Gasteiger charge is 2.22. The molecule has 0 unspecified atom stereocenters. The fourth-order valence-electron chi connectivity index (χ4n) is 3.56. The minimum absolute atomic E-state index is 0.148. The monoisotopic (exact) mass is 358 g/mol. The van der Waals surface area contributed by atoms with Crippen LogP contribution in [0.2, 0.25) is 0 Å². The number of aliphatic hydroxyl groups is 2. The molecular weight excluding hydrogens is 328 g/mol. The first-order valence-corrected chi connectivity index (χ1v) is 9.40. The first-order valence-electron chi connectivity index (χ1n) is 9.40. The minimum atomic E-state index is 0.148. The van der Waals surface area contributed by atoms with Crippen molar-refractivity contribution in [3.8, 4) is 11.5 Å². The van der Waals surface area contributed by atoms with Crippen LogP contribution in [0.3, 0.4) is 0 Å². The summed E-state index contributed by atoms with van der Waals surface area (Å²) in [5, 5.41) is 37.7. The van der Waals surface area contributed by atoms with Crippen molar-refractivity contribution < 1.29 is 20.4 Å². The fraction of sp³-hybridized carbons (Fsp3) is 0.455. The van der Waals surface area contributed by atoms with Crippen LogP contribution < -0.4 is 0 Å². The molecule has 2 atom stereocenters. The van der Waals surface area contributed by atoms with Crippen molar-refractivity contribution in [3.05, 3.63) is 59.7 Å². The highest BCUT2D eigenvalue weighted by molar-refractivity contribution is 5.27. The molecule has 0 amide bonds. The molecule has 2 aromatic carbocycles. The van der Waals surface area contributed by atoms with E-state index in [2.05, 4.69) is 0 Å². The number of rotatable bonds is 11. The standard InChI is InChI=1S/C22H30O4/c23-13-2-1-3-19(15-17-4-8-21(25)9-5-17)20(12-14-24)16-18-6-10-22(26)11-7-18/h4-11,19-20,23-26H,1-3,12-16H2/t19-,20-/m0/s1. The average Bonchev–Trinajstić information content (AvgIpc) is 2.64. The van der Waals surface area contributed by atoms with Crippen molar-refractivity contribution in [1.29, 1.82) is 0 Å². The normalized spacial score (nSPS) is 13.5. The van der Waals surface area contributed by atoms with Crippen LogP contribution >= 0.6 is 0 Å². The number of phenolic OH excluding ortho intramolecular Hbond substituents is 2. The van der Waals surface area contributed by atoms with E-state index in [9.17, 15) is 15.3 Å². The lowest BCUT2D eigenvalue weighted by atomic mass is 9.78. The Labute approximate surface area is 155 Å². The molecule has 4 N–H and O–H groups in total. The molecule has 0 aliphatic heterocycles. The van der Waals surface area contributed by atoms with Gasteiger partial charge in [0.2, 0.25) is 0 Å². The SMILES string of the molecule is OCCCC[C@@H](Cc1ccc(O)cc1)[C@@H](CCO)Cc1ccc(O)cc1. The summed E-state index contributed by atoms with van der Waals surface area (Å²) in [6.45, 7) is 0.351. The second kappa shape index (κ2) is 10.8. The van der Waals surface area contributed by atoms with Crippen LogP contribution in [-0.2, 0) is 12.8 Å². The molecule has 2 aromatic rings. The Morgan fingerprint density at radius 3 is 1.46 bits per heavy atom. The summed E-state index contributed by atoms with van der Waals surface area (Å²) >= 11 is 0. The van der Waals surface area contributed by atoms with E-state index in [1.54, 1.807) is 24.3 Å². The number of phenols is 2. The molecule has 0 heterocycles. The van der Waals surface area contributed by atoms with Gasteiger partial charge >= 0.3 is 0 Å². The van der Waals surface area contributed by atoms with Gasteiger partial charge in [-0.25, -0.2) is 0 Å². The quantitative estimate of drug-likeness (QED) is 0.462. The van der Waals surface area contributed by atoms with Gasteiger partial charge in [0.25, 0.3) is 0 Å². The van der Waals surface area contributed by atoms with E-state index in [-0.39, 0.29) is 24.7 Å². The maximum Gasteiger partial charge on any atom is 0.115 e. The zero-order valence-electron chi connectivity index (χ0n) is 15.2. The molecule has 0 aliphatic carbocycles. The van der Waals surface area contributed by atoms with Gasteiger partial charge in [0.15, 0.2) is 0 Å². The molecule has 0 spiro atoms. The van der Waals surface area contributed by atoms with Gasteiger partial charge in [-0.2, -0.15) is 0 Å². The Morgan fingerprint density at radius 1 is 0.577 bits per heavy atom. The first kappa shape index (κ1) is 20.3. The van der Waals surface area contributed by atoms with E-state index in [4.69, 9.17) is 5.11 Å². The number of hydrogen-bond acceptors (Lipinski definition) is 4. The molecule has 2 rings (SSSR count). The second-order valence-corrected chi connectivity index (χ2v) is 6.99. The molecule has 0 fully saturated rings. The Kier molecular flexibility index (Phi) is 8.45. The van der Waals surface area contributed by atoms with Crippen LogP contribution in [0, 0.1) is 11.8 Å². The van der Waals surface area contributed by atoms with Gasteiger partial charge in [-0.05, 0) is 79.3 Å². The largest absolute Gasteiger partial charge is 0.508 e. The summed E-state index contributed by atoms with van der Waals surface area (Å²) in [6, 6.07) is 14.6. The van der Waals surface area contributed by atoms with Gasteiger partial charge in [-0.3, -0.25) is 0 Å². The molecule has 0 saturated heterocycles. The second-order valence-electron chi connectivity index (χ2n) is 6.99.